The molecule has 2 aliphatic heterocycles. The van der Waals surface area contributed by atoms with Gasteiger partial charge in [0.25, 0.3) is 11.4 Å². The van der Waals surface area contributed by atoms with Crippen molar-refractivity contribution in [2.24, 2.45) is 5.73 Å². The molecular formula is C28H33N7O10S. The molecule has 246 valence electrons. The largest absolute Gasteiger partial charge is 0.445 e. The number of hydrogen-bond acceptors (Lipinski definition) is 12. The van der Waals surface area contributed by atoms with Crippen LogP contribution in [0.15, 0.2) is 48.5 Å². The van der Waals surface area contributed by atoms with Crippen molar-refractivity contribution in [3.05, 3.63) is 79.9 Å². The smallest absolute Gasteiger partial charge is 0.410 e. The average Bonchev–Trinajstić information content (AvgIpc) is 3.44. The van der Waals surface area contributed by atoms with E-state index in [0.717, 1.165) is 0 Å². The summed E-state index contributed by atoms with van der Waals surface area (Å²) < 4.78 is 10.7. The van der Waals surface area contributed by atoms with Crippen molar-refractivity contribution in [2.45, 2.75) is 49.5 Å². The summed E-state index contributed by atoms with van der Waals surface area (Å²) in [6, 6.07) is 9.25. The molecule has 0 bridgehead atoms. The highest BCUT2D eigenvalue weighted by molar-refractivity contribution is 7.81. The van der Waals surface area contributed by atoms with Crippen LogP contribution in [0.4, 0.5) is 21.0 Å². The van der Waals surface area contributed by atoms with Crippen molar-refractivity contribution in [2.75, 3.05) is 26.2 Å². The van der Waals surface area contributed by atoms with Gasteiger partial charge >= 0.3 is 12.2 Å². The number of nitrogens with zero attached hydrogens (tertiary/aromatic N) is 5. The van der Waals surface area contributed by atoms with Gasteiger partial charge in [0.15, 0.2) is 0 Å². The lowest BCUT2D eigenvalue weighted by Gasteiger charge is -2.41. The third-order valence-corrected chi connectivity index (χ3v) is 8.09. The first-order valence-corrected chi connectivity index (χ1v) is 14.7. The topological polar surface area (TPSA) is 236 Å². The van der Waals surface area contributed by atoms with E-state index >= 15 is 0 Å². The molecule has 0 aliphatic carbocycles. The predicted molar refractivity (Wildman–Crippen MR) is 164 cm³/mol. The standard InChI is InChI=1S/C28H33N7O10S/c29-26(30)23-14-31(27(38)44-15-17-1-5-19(6-2-17)34(40)41)9-10-32(23)25(37)12-24(36)22-11-21(46)13-33(22)28(39)45-16-18-3-7-20(8-4-18)35(42)43/h1-8,21-24,36,46H,9-16H2,(H3,29,30)/t21-,22-,23?,24?/m0/s1. The fraction of sp³-hybridized carbons (Fsp3) is 0.429. The van der Waals surface area contributed by atoms with Gasteiger partial charge in [-0.1, -0.05) is 0 Å². The van der Waals surface area contributed by atoms with Crippen molar-refractivity contribution in [1.82, 2.24) is 14.7 Å². The zero-order valence-corrected chi connectivity index (χ0v) is 25.4. The van der Waals surface area contributed by atoms with Gasteiger partial charge in [-0.3, -0.25) is 30.4 Å². The lowest BCUT2D eigenvalue weighted by Crippen LogP contribution is -2.61. The Balaban J connectivity index is 1.31. The first-order valence-electron chi connectivity index (χ1n) is 14.1. The number of nitrogens with one attached hydrogen (secondary N) is 1. The van der Waals surface area contributed by atoms with E-state index in [1.807, 2.05) is 0 Å². The maximum atomic E-state index is 13.3. The number of piperazine rings is 1. The number of hydrogen-bond donors (Lipinski definition) is 4. The maximum Gasteiger partial charge on any atom is 0.410 e. The summed E-state index contributed by atoms with van der Waals surface area (Å²) in [5, 5.41) is 40.5. The number of nitro benzene ring substituents is 2. The monoisotopic (exact) mass is 659 g/mol. The van der Waals surface area contributed by atoms with E-state index in [-0.39, 0.29) is 68.3 Å². The minimum Gasteiger partial charge on any atom is -0.445 e. The van der Waals surface area contributed by atoms with Crippen molar-refractivity contribution < 1.29 is 38.8 Å². The molecule has 0 radical (unpaired) electrons. The SMILES string of the molecule is N=C(N)C1CN(C(=O)OCc2ccc([N+](=O)[O-])cc2)CCN1C(=O)CC(O)[C@@H]1C[C@H](S)CN1C(=O)OCc1ccc([N+](=O)[O-])cc1. The van der Waals surface area contributed by atoms with Crippen molar-refractivity contribution in [3.63, 3.8) is 0 Å². The minimum atomic E-state index is -1.30. The number of aliphatic hydroxyl groups is 1. The Labute approximate surface area is 268 Å². The first-order chi connectivity index (χ1) is 21.8. The Hall–Kier alpha value is -4.97. The van der Waals surface area contributed by atoms with Gasteiger partial charge in [0, 0.05) is 49.1 Å². The second-order valence-electron chi connectivity index (χ2n) is 10.8. The third-order valence-electron chi connectivity index (χ3n) is 7.72. The minimum absolute atomic E-state index is 0.00326. The first kappa shape index (κ1) is 33.9. The molecule has 2 heterocycles. The average molecular weight is 660 g/mol. The van der Waals surface area contributed by atoms with Gasteiger partial charge < -0.3 is 35.0 Å². The molecule has 17 nitrogen and oxygen atoms in total. The van der Waals surface area contributed by atoms with Crippen LogP contribution in [0.3, 0.4) is 0 Å². The molecule has 0 saturated carbocycles. The Morgan fingerprint density at radius 1 is 0.913 bits per heavy atom. The molecule has 0 aromatic heterocycles. The van der Waals surface area contributed by atoms with Gasteiger partial charge in [-0.05, 0) is 41.8 Å². The molecule has 2 aliphatic rings. The van der Waals surface area contributed by atoms with Gasteiger partial charge in [0.2, 0.25) is 5.91 Å². The molecule has 46 heavy (non-hydrogen) atoms. The van der Waals surface area contributed by atoms with E-state index < -0.39 is 52.5 Å². The number of thiol groups is 1. The quantitative estimate of drug-likeness (QED) is 0.0947. The van der Waals surface area contributed by atoms with Crippen molar-refractivity contribution in [3.8, 4) is 0 Å². The number of ether oxygens (including phenoxy) is 2. The number of benzene rings is 2. The highest BCUT2D eigenvalue weighted by atomic mass is 32.1. The lowest BCUT2D eigenvalue weighted by atomic mass is 10.0. The molecule has 0 spiro atoms. The zero-order valence-electron chi connectivity index (χ0n) is 24.5. The number of nitrogens with two attached hydrogens (primary N) is 1. The highest BCUT2D eigenvalue weighted by Gasteiger charge is 2.42. The number of amidine groups is 1. The molecule has 18 heteroatoms. The van der Waals surface area contributed by atoms with E-state index in [0.29, 0.717) is 11.1 Å². The van der Waals surface area contributed by atoms with Gasteiger partial charge in [-0.15, -0.1) is 0 Å². The van der Waals surface area contributed by atoms with Crippen LogP contribution in [0, 0.1) is 25.6 Å². The molecule has 4 atom stereocenters. The second-order valence-corrected chi connectivity index (χ2v) is 11.6. The van der Waals surface area contributed by atoms with E-state index in [1.165, 1.54) is 63.2 Å². The number of aliphatic hydroxyl groups excluding tert-OH is 1. The molecule has 2 aromatic rings. The van der Waals surface area contributed by atoms with Crippen LogP contribution in [0.1, 0.15) is 24.0 Å². The van der Waals surface area contributed by atoms with E-state index in [9.17, 15) is 39.7 Å². The molecule has 2 aromatic carbocycles. The number of non-ortho nitro benzene ring substituents is 2. The highest BCUT2D eigenvalue weighted by Crippen LogP contribution is 2.28. The summed E-state index contributed by atoms with van der Waals surface area (Å²) in [5.41, 5.74) is 6.63. The molecule has 2 saturated heterocycles. The van der Waals surface area contributed by atoms with Gasteiger partial charge in [-0.2, -0.15) is 12.6 Å². The van der Waals surface area contributed by atoms with Gasteiger partial charge in [0.05, 0.1) is 35.0 Å². The van der Waals surface area contributed by atoms with E-state index in [2.05, 4.69) is 12.6 Å². The van der Waals surface area contributed by atoms with E-state index in [1.54, 1.807) is 0 Å². The second kappa shape index (κ2) is 14.9. The Bertz CT molecular complexity index is 1480. The van der Waals surface area contributed by atoms with Crippen LogP contribution >= 0.6 is 12.6 Å². The molecule has 3 amide bonds. The number of nitro groups is 2. The molecule has 2 unspecified atom stereocenters. The summed E-state index contributed by atoms with van der Waals surface area (Å²) in [7, 11) is 0. The summed E-state index contributed by atoms with van der Waals surface area (Å²) in [4.78, 5) is 63.4. The lowest BCUT2D eigenvalue weighted by molar-refractivity contribution is -0.385. The van der Waals surface area contributed by atoms with E-state index in [4.69, 9.17) is 20.6 Å². The zero-order chi connectivity index (χ0) is 33.5. The molecule has 4 N–H and O–H groups in total. The van der Waals surface area contributed by atoms with Crippen LogP contribution < -0.4 is 5.73 Å². The normalized spacial score (nSPS) is 20.1. The third kappa shape index (κ3) is 8.39. The summed E-state index contributed by atoms with van der Waals surface area (Å²) >= 11 is 4.44. The number of rotatable bonds is 10. The number of carbonyl (C=O) groups excluding carboxylic acids is 3. The fourth-order valence-corrected chi connectivity index (χ4v) is 5.65. The maximum absolute atomic E-state index is 13.3. The molecular weight excluding hydrogens is 626 g/mol. The molecule has 4 rings (SSSR count). The predicted octanol–water partition coefficient (Wildman–Crippen LogP) is 2.05. The van der Waals surface area contributed by atoms with Crippen LogP contribution in [0.2, 0.25) is 0 Å². The number of carbonyl (C=O) groups is 3. The Morgan fingerprint density at radius 2 is 1.43 bits per heavy atom. The van der Waals surface area contributed by atoms with Crippen molar-refractivity contribution >= 4 is 47.9 Å². The van der Waals surface area contributed by atoms with Gasteiger partial charge in [0.1, 0.15) is 25.1 Å². The van der Waals surface area contributed by atoms with Crippen LogP contribution in [-0.2, 0) is 27.5 Å². The summed E-state index contributed by atoms with van der Waals surface area (Å²) in [6.07, 6.45) is -2.87. The summed E-state index contributed by atoms with van der Waals surface area (Å²) in [5.74, 6) is -0.906. The summed E-state index contributed by atoms with van der Waals surface area (Å²) in [6.45, 7) is -0.202. The van der Waals surface area contributed by atoms with Crippen LogP contribution in [-0.4, -0.2) is 103 Å². The Morgan fingerprint density at radius 3 is 1.93 bits per heavy atom. The molecule has 2 fully saturated rings. The van der Waals surface area contributed by atoms with Crippen LogP contribution in [0.5, 0.6) is 0 Å². The number of likely N-dealkylation sites (tertiary alicyclic amines) is 1. The van der Waals surface area contributed by atoms with Crippen LogP contribution in [0.25, 0.3) is 0 Å². The Kier molecular flexibility index (Phi) is 11.0. The fourth-order valence-electron chi connectivity index (χ4n) is 5.26. The number of amides is 3. The van der Waals surface area contributed by atoms with Gasteiger partial charge in [-0.25, -0.2) is 9.59 Å². The van der Waals surface area contributed by atoms with Crippen molar-refractivity contribution in [1.29, 1.82) is 5.41 Å².